The van der Waals surface area contributed by atoms with E-state index < -0.39 is 11.9 Å². The second kappa shape index (κ2) is 6.08. The van der Waals surface area contributed by atoms with Crippen molar-refractivity contribution in [3.63, 3.8) is 0 Å². The van der Waals surface area contributed by atoms with Gasteiger partial charge in [-0.15, -0.1) is 0 Å². The molecule has 0 aliphatic heterocycles. The number of methoxy groups -OCH3 is 1. The number of hydrogen-bond donors (Lipinski definition) is 1. The quantitative estimate of drug-likeness (QED) is 0.896. The van der Waals surface area contributed by atoms with Crippen molar-refractivity contribution in [1.29, 1.82) is 0 Å². The predicted molar refractivity (Wildman–Crippen MR) is 66.1 cm³/mol. The van der Waals surface area contributed by atoms with Crippen molar-refractivity contribution in [3.05, 3.63) is 11.9 Å². The summed E-state index contributed by atoms with van der Waals surface area (Å²) < 4.78 is 43.0. The van der Waals surface area contributed by atoms with Gasteiger partial charge in [0.05, 0.1) is 13.3 Å². The number of nitrogens with zero attached hydrogens (tertiary/aromatic N) is 2. The Kier molecular flexibility index (Phi) is 4.97. The Morgan fingerprint density at radius 3 is 2.42 bits per heavy atom. The maximum Gasteiger partial charge on any atom is 0.437 e. The summed E-state index contributed by atoms with van der Waals surface area (Å²) in [5.41, 5.74) is -1.06. The largest absolute Gasteiger partial charge is 0.493 e. The molecule has 0 bridgehead atoms. The number of hydrogen-bond acceptors (Lipinski definition) is 4. The number of nitrogens with one attached hydrogen (secondary N) is 1. The summed E-state index contributed by atoms with van der Waals surface area (Å²) in [6.45, 7) is 5.91. The van der Waals surface area contributed by atoms with Gasteiger partial charge in [-0.1, -0.05) is 20.8 Å². The topological polar surface area (TPSA) is 47.0 Å². The first-order valence-corrected chi connectivity index (χ1v) is 6.04. The second-order valence-electron chi connectivity index (χ2n) is 4.51. The molecule has 7 heteroatoms. The monoisotopic (exact) mass is 277 g/mol. The Labute approximate surface area is 110 Å². The molecule has 0 fully saturated rings. The molecule has 1 aromatic heterocycles. The molecule has 1 aromatic rings. The van der Waals surface area contributed by atoms with E-state index in [4.69, 9.17) is 0 Å². The summed E-state index contributed by atoms with van der Waals surface area (Å²) in [6, 6.07) is 0.0227. The van der Waals surface area contributed by atoms with Gasteiger partial charge in [0.25, 0.3) is 0 Å². The fraction of sp³-hybridized carbons (Fsp3) is 0.667. The van der Waals surface area contributed by atoms with E-state index in [1.807, 2.05) is 20.8 Å². The fourth-order valence-corrected chi connectivity index (χ4v) is 1.70. The van der Waals surface area contributed by atoms with Gasteiger partial charge in [-0.2, -0.15) is 13.2 Å². The highest BCUT2D eigenvalue weighted by atomic mass is 19.4. The van der Waals surface area contributed by atoms with Gasteiger partial charge in [0, 0.05) is 6.04 Å². The molecule has 108 valence electrons. The van der Waals surface area contributed by atoms with Crippen LogP contribution in [-0.4, -0.2) is 23.1 Å². The zero-order valence-corrected chi connectivity index (χ0v) is 11.4. The molecule has 0 unspecified atom stereocenters. The van der Waals surface area contributed by atoms with Crippen molar-refractivity contribution in [2.75, 3.05) is 12.4 Å². The highest BCUT2D eigenvalue weighted by Crippen LogP contribution is 2.34. The number of halogens is 3. The van der Waals surface area contributed by atoms with Crippen molar-refractivity contribution < 1.29 is 17.9 Å². The minimum atomic E-state index is -4.57. The standard InChI is InChI=1S/C12H18F3N3O/c1-5-8(7(2)3)17-11-16-6-9(19-4)10(18-11)12(13,14)15/h6-8H,5H2,1-4H3,(H,16,17,18)/t8-/m0/s1. The van der Waals surface area contributed by atoms with Gasteiger partial charge >= 0.3 is 6.18 Å². The van der Waals surface area contributed by atoms with E-state index in [2.05, 4.69) is 20.0 Å². The molecule has 4 nitrogen and oxygen atoms in total. The molecule has 1 N–H and O–H groups in total. The van der Waals surface area contributed by atoms with Crippen LogP contribution >= 0.6 is 0 Å². The van der Waals surface area contributed by atoms with E-state index in [9.17, 15) is 13.2 Å². The van der Waals surface area contributed by atoms with Crippen LogP contribution in [0.15, 0.2) is 6.20 Å². The van der Waals surface area contributed by atoms with Gasteiger partial charge < -0.3 is 10.1 Å². The van der Waals surface area contributed by atoms with Crippen LogP contribution in [0.5, 0.6) is 5.75 Å². The van der Waals surface area contributed by atoms with E-state index >= 15 is 0 Å². The van der Waals surface area contributed by atoms with Gasteiger partial charge in [-0.25, -0.2) is 9.97 Å². The van der Waals surface area contributed by atoms with Crippen LogP contribution in [0.3, 0.4) is 0 Å². The molecule has 0 aliphatic rings. The first kappa shape index (κ1) is 15.5. The Bertz CT molecular complexity index is 421. The maximum absolute atomic E-state index is 12.8. The molecule has 0 saturated heterocycles. The summed E-state index contributed by atoms with van der Waals surface area (Å²) in [6.07, 6.45) is -2.76. The number of anilines is 1. The molecule has 1 heterocycles. The average molecular weight is 277 g/mol. The summed E-state index contributed by atoms with van der Waals surface area (Å²) in [4.78, 5) is 7.36. The van der Waals surface area contributed by atoms with E-state index in [0.29, 0.717) is 0 Å². The van der Waals surface area contributed by atoms with Crippen molar-refractivity contribution in [1.82, 2.24) is 9.97 Å². The Morgan fingerprint density at radius 2 is 2.00 bits per heavy atom. The minimum absolute atomic E-state index is 0.0227. The van der Waals surface area contributed by atoms with Crippen LogP contribution < -0.4 is 10.1 Å². The van der Waals surface area contributed by atoms with Crippen molar-refractivity contribution >= 4 is 5.95 Å². The first-order valence-electron chi connectivity index (χ1n) is 6.04. The lowest BCUT2D eigenvalue weighted by molar-refractivity contribution is -0.142. The van der Waals surface area contributed by atoms with Gasteiger partial charge in [-0.05, 0) is 12.3 Å². The lowest BCUT2D eigenvalue weighted by atomic mass is 10.0. The van der Waals surface area contributed by atoms with E-state index in [0.717, 1.165) is 19.7 Å². The molecule has 0 spiro atoms. The Balaban J connectivity index is 3.05. The number of alkyl halides is 3. The van der Waals surface area contributed by atoms with Crippen LogP contribution in [0.1, 0.15) is 32.9 Å². The normalized spacial score (nSPS) is 13.5. The van der Waals surface area contributed by atoms with Gasteiger partial charge in [0.2, 0.25) is 5.95 Å². The molecule has 1 atom stereocenters. The highest BCUT2D eigenvalue weighted by molar-refractivity contribution is 5.35. The third-order valence-corrected chi connectivity index (χ3v) is 2.80. The number of rotatable bonds is 5. The first-order chi connectivity index (χ1) is 8.79. The van der Waals surface area contributed by atoms with Crippen LogP contribution in [0.25, 0.3) is 0 Å². The zero-order valence-electron chi connectivity index (χ0n) is 11.4. The fourth-order valence-electron chi connectivity index (χ4n) is 1.70. The minimum Gasteiger partial charge on any atom is -0.493 e. The Hall–Kier alpha value is -1.53. The van der Waals surface area contributed by atoms with Crippen LogP contribution in [0.4, 0.5) is 19.1 Å². The average Bonchev–Trinajstić information content (AvgIpc) is 2.34. The van der Waals surface area contributed by atoms with E-state index in [1.54, 1.807) is 0 Å². The summed E-state index contributed by atoms with van der Waals surface area (Å²) >= 11 is 0. The molecule has 0 saturated carbocycles. The molecule has 1 rings (SSSR count). The molecule has 0 radical (unpaired) electrons. The van der Waals surface area contributed by atoms with Gasteiger partial charge in [0.1, 0.15) is 0 Å². The van der Waals surface area contributed by atoms with Crippen molar-refractivity contribution in [2.45, 2.75) is 39.4 Å². The summed E-state index contributed by atoms with van der Waals surface area (Å²) in [5, 5.41) is 2.91. The molecule has 19 heavy (non-hydrogen) atoms. The smallest absolute Gasteiger partial charge is 0.437 e. The molecule has 0 aliphatic carbocycles. The molecular weight excluding hydrogens is 259 g/mol. The SMILES string of the molecule is CC[C@H](Nc1ncc(OC)c(C(F)(F)F)n1)C(C)C. The zero-order chi connectivity index (χ0) is 14.6. The highest BCUT2D eigenvalue weighted by Gasteiger charge is 2.37. The lowest BCUT2D eigenvalue weighted by Gasteiger charge is -2.21. The van der Waals surface area contributed by atoms with E-state index in [1.165, 1.54) is 0 Å². The van der Waals surface area contributed by atoms with E-state index in [-0.39, 0.29) is 23.7 Å². The lowest BCUT2D eigenvalue weighted by Crippen LogP contribution is -2.26. The molecular formula is C12H18F3N3O. The summed E-state index contributed by atoms with van der Waals surface area (Å²) in [5.74, 6) is -0.144. The van der Waals surface area contributed by atoms with Crippen LogP contribution in [0.2, 0.25) is 0 Å². The van der Waals surface area contributed by atoms with Crippen molar-refractivity contribution in [3.8, 4) is 5.75 Å². The second-order valence-corrected chi connectivity index (χ2v) is 4.51. The third-order valence-electron chi connectivity index (χ3n) is 2.80. The van der Waals surface area contributed by atoms with Crippen molar-refractivity contribution in [2.24, 2.45) is 5.92 Å². The molecule has 0 aromatic carbocycles. The Morgan fingerprint density at radius 1 is 1.37 bits per heavy atom. The number of ether oxygens (including phenoxy) is 1. The third kappa shape index (κ3) is 3.97. The predicted octanol–water partition coefficient (Wildman–Crippen LogP) is 3.35. The van der Waals surface area contributed by atoms with Gasteiger partial charge in [-0.3, -0.25) is 0 Å². The maximum atomic E-state index is 12.8. The van der Waals surface area contributed by atoms with Crippen LogP contribution in [0, 0.1) is 5.92 Å². The van der Waals surface area contributed by atoms with Gasteiger partial charge in [0.15, 0.2) is 11.4 Å². The number of aromatic nitrogens is 2. The molecule has 0 amide bonds. The summed E-state index contributed by atoms with van der Waals surface area (Å²) in [7, 11) is 1.16. The van der Waals surface area contributed by atoms with Crippen LogP contribution in [-0.2, 0) is 6.18 Å².